The molecule has 0 bridgehead atoms. The lowest BCUT2D eigenvalue weighted by molar-refractivity contribution is -0.120. The highest BCUT2D eigenvalue weighted by Gasteiger charge is 2.24. The Morgan fingerprint density at radius 1 is 0.972 bits per heavy atom. The zero-order valence-electron chi connectivity index (χ0n) is 21.0. The lowest BCUT2D eigenvalue weighted by Gasteiger charge is -2.27. The molecule has 2 aromatic heterocycles. The first-order chi connectivity index (χ1) is 17.6. The van der Waals surface area contributed by atoms with Gasteiger partial charge in [-0.25, -0.2) is 4.98 Å². The van der Waals surface area contributed by atoms with Gasteiger partial charge in [-0.1, -0.05) is 42.8 Å². The Labute approximate surface area is 214 Å². The van der Waals surface area contributed by atoms with Crippen molar-refractivity contribution < 1.29 is 4.79 Å². The van der Waals surface area contributed by atoms with Gasteiger partial charge < -0.3 is 16.8 Å². The lowest BCUT2D eigenvalue weighted by Crippen LogP contribution is -2.44. The first-order valence-electron chi connectivity index (χ1n) is 13.1. The van der Waals surface area contributed by atoms with Crippen molar-refractivity contribution >= 4 is 11.7 Å². The molecule has 1 aliphatic carbocycles. The molecule has 0 radical (unpaired) electrons. The predicted octanol–water partition coefficient (Wildman–Crippen LogP) is 3.63. The number of rotatable bonds is 12. The summed E-state index contributed by atoms with van der Waals surface area (Å²) in [6.07, 6.45) is 8.51. The van der Waals surface area contributed by atoms with Crippen molar-refractivity contribution in [1.82, 2.24) is 15.3 Å². The molecule has 1 amide bonds. The number of hydrogen-bond acceptors (Lipinski definition) is 6. The molecule has 0 saturated carbocycles. The number of carbonyl (C=O) groups is 1. The minimum atomic E-state index is -0.565. The van der Waals surface area contributed by atoms with E-state index in [0.717, 1.165) is 62.1 Å². The number of amides is 1. The van der Waals surface area contributed by atoms with Crippen LogP contribution in [0, 0.1) is 0 Å². The zero-order valence-corrected chi connectivity index (χ0v) is 21.0. The number of nitrogens with one attached hydrogen (secondary N) is 1. The molecule has 1 aromatic carbocycles. The van der Waals surface area contributed by atoms with Crippen molar-refractivity contribution in [2.45, 2.75) is 70.6 Å². The second kappa shape index (κ2) is 13.3. The van der Waals surface area contributed by atoms with Gasteiger partial charge in [0.1, 0.15) is 5.82 Å². The van der Waals surface area contributed by atoms with Gasteiger partial charge in [-0.15, -0.1) is 0 Å². The first kappa shape index (κ1) is 25.9. The maximum atomic E-state index is 13.5. The molecule has 0 saturated heterocycles. The highest BCUT2D eigenvalue weighted by Crippen LogP contribution is 2.25. The van der Waals surface area contributed by atoms with E-state index in [0.29, 0.717) is 25.3 Å². The molecule has 4 rings (SSSR count). The topological polar surface area (TPSA) is 110 Å². The summed E-state index contributed by atoms with van der Waals surface area (Å²) in [7, 11) is 0. The molecule has 7 nitrogen and oxygen atoms in total. The molecule has 0 fully saturated rings. The normalized spacial score (nSPS) is 13.7. The van der Waals surface area contributed by atoms with Crippen molar-refractivity contribution in [1.29, 1.82) is 0 Å². The van der Waals surface area contributed by atoms with E-state index in [1.807, 2.05) is 24.3 Å². The molecule has 2 heterocycles. The number of anilines is 1. The van der Waals surface area contributed by atoms with Crippen molar-refractivity contribution in [3.63, 3.8) is 0 Å². The summed E-state index contributed by atoms with van der Waals surface area (Å²) < 4.78 is 0. The highest BCUT2D eigenvalue weighted by atomic mass is 16.2. The van der Waals surface area contributed by atoms with E-state index in [4.69, 9.17) is 16.5 Å². The molecular formula is C29H38N6O. The smallest absolute Gasteiger partial charge is 0.245 e. The monoisotopic (exact) mass is 486 g/mol. The number of unbranched alkanes of at least 4 members (excludes halogenated alkanes) is 1. The Bertz CT molecular complexity index is 1100. The molecule has 3 aromatic rings. The summed E-state index contributed by atoms with van der Waals surface area (Å²) in [4.78, 5) is 24.5. The fraction of sp³-hybridized carbons (Fsp3) is 0.414. The Kier molecular flexibility index (Phi) is 9.55. The lowest BCUT2D eigenvalue weighted by atomic mass is 9.96. The predicted molar refractivity (Wildman–Crippen MR) is 144 cm³/mol. The molecule has 7 heteroatoms. The Balaban J connectivity index is 1.45. The van der Waals surface area contributed by atoms with Gasteiger partial charge in [-0.2, -0.15) is 0 Å². The number of pyridine rings is 2. The van der Waals surface area contributed by atoms with Gasteiger partial charge >= 0.3 is 0 Å². The quantitative estimate of drug-likeness (QED) is 0.337. The third-order valence-corrected chi connectivity index (χ3v) is 6.72. The second-order valence-corrected chi connectivity index (χ2v) is 9.54. The maximum Gasteiger partial charge on any atom is 0.245 e. The molecular weight excluding hydrogens is 448 g/mol. The molecule has 1 aliphatic rings. The van der Waals surface area contributed by atoms with E-state index in [9.17, 15) is 4.79 Å². The van der Waals surface area contributed by atoms with Crippen LogP contribution in [-0.2, 0) is 37.3 Å². The molecule has 1 unspecified atom stereocenters. The highest BCUT2D eigenvalue weighted by molar-refractivity contribution is 5.96. The molecule has 36 heavy (non-hydrogen) atoms. The third-order valence-electron chi connectivity index (χ3n) is 6.72. The fourth-order valence-electron chi connectivity index (χ4n) is 4.61. The van der Waals surface area contributed by atoms with Crippen LogP contribution in [0.25, 0.3) is 0 Å². The molecule has 5 N–H and O–H groups in total. The molecule has 1 atom stereocenters. The number of fused-ring (bicyclic) bond motifs is 1. The fourth-order valence-corrected chi connectivity index (χ4v) is 4.61. The summed E-state index contributed by atoms with van der Waals surface area (Å²) in [5.74, 6) is 0.604. The van der Waals surface area contributed by atoms with Gasteiger partial charge in [-0.3, -0.25) is 14.7 Å². The van der Waals surface area contributed by atoms with Gasteiger partial charge in [0.25, 0.3) is 0 Å². The van der Waals surface area contributed by atoms with Crippen LogP contribution in [-0.4, -0.2) is 28.5 Å². The van der Waals surface area contributed by atoms with E-state index in [-0.39, 0.29) is 5.91 Å². The number of benzene rings is 1. The van der Waals surface area contributed by atoms with Crippen LogP contribution in [0.2, 0.25) is 0 Å². The summed E-state index contributed by atoms with van der Waals surface area (Å²) in [6.45, 7) is 2.52. The number of nitrogens with zero attached hydrogens (tertiary/aromatic N) is 3. The van der Waals surface area contributed by atoms with Gasteiger partial charge in [0, 0.05) is 25.0 Å². The number of hydrogen-bond donors (Lipinski definition) is 3. The van der Waals surface area contributed by atoms with Gasteiger partial charge in [0.2, 0.25) is 5.91 Å². The van der Waals surface area contributed by atoms with Crippen molar-refractivity contribution in [3.8, 4) is 0 Å². The van der Waals surface area contributed by atoms with E-state index < -0.39 is 6.04 Å². The Hall–Kier alpha value is -3.13. The van der Waals surface area contributed by atoms with Crippen LogP contribution in [0.4, 0.5) is 5.82 Å². The van der Waals surface area contributed by atoms with Crippen LogP contribution in [0.5, 0.6) is 0 Å². The number of aromatic nitrogens is 2. The second-order valence-electron chi connectivity index (χ2n) is 9.54. The van der Waals surface area contributed by atoms with Crippen LogP contribution in [0.15, 0.2) is 60.8 Å². The number of nitrogens with two attached hydrogens (primary N) is 2. The molecule has 190 valence electrons. The van der Waals surface area contributed by atoms with Gasteiger partial charge in [-0.05, 0) is 80.0 Å². The van der Waals surface area contributed by atoms with Crippen LogP contribution in [0.3, 0.4) is 0 Å². The van der Waals surface area contributed by atoms with Crippen molar-refractivity contribution in [2.75, 3.05) is 11.4 Å². The zero-order chi connectivity index (χ0) is 25.2. The van der Waals surface area contributed by atoms with E-state index in [2.05, 4.69) is 40.6 Å². The standard InChI is InChI=1S/C29H38N6O/c30-17-5-3-9-26(31)29(36)35(28-16-15-24-7-1-2-10-27(24)34-28)21-23-13-11-22(12-14-23)19-32-20-25-8-4-6-18-33-25/h4,6,8,11-16,18,26,32H,1-3,5,7,9-10,17,19-21,30-31H2. The SMILES string of the molecule is NCCCCC(N)C(=O)N(Cc1ccc(CNCc2ccccn2)cc1)c1ccc2c(n1)CCCC2. The molecule has 0 aliphatic heterocycles. The Morgan fingerprint density at radius 3 is 2.56 bits per heavy atom. The summed E-state index contributed by atoms with van der Waals surface area (Å²) in [5.41, 5.74) is 17.6. The minimum absolute atomic E-state index is 0.0867. The van der Waals surface area contributed by atoms with E-state index in [1.165, 1.54) is 17.5 Å². The summed E-state index contributed by atoms with van der Waals surface area (Å²) in [5, 5.41) is 3.43. The number of aryl methyl sites for hydroxylation is 2. The van der Waals surface area contributed by atoms with E-state index in [1.54, 1.807) is 11.1 Å². The summed E-state index contributed by atoms with van der Waals surface area (Å²) >= 11 is 0. The van der Waals surface area contributed by atoms with Crippen LogP contribution >= 0.6 is 0 Å². The average Bonchev–Trinajstić information content (AvgIpc) is 2.92. The average molecular weight is 487 g/mol. The van der Waals surface area contributed by atoms with Crippen molar-refractivity contribution in [3.05, 3.63) is 88.9 Å². The minimum Gasteiger partial charge on any atom is -0.330 e. The first-order valence-corrected chi connectivity index (χ1v) is 13.1. The third kappa shape index (κ3) is 7.20. The summed E-state index contributed by atoms with van der Waals surface area (Å²) in [6, 6.07) is 17.8. The van der Waals surface area contributed by atoms with Gasteiger partial charge in [0.05, 0.1) is 18.3 Å². The van der Waals surface area contributed by atoms with E-state index >= 15 is 0 Å². The number of carbonyl (C=O) groups excluding carboxylic acids is 1. The van der Waals surface area contributed by atoms with Crippen LogP contribution in [0.1, 0.15) is 60.2 Å². The van der Waals surface area contributed by atoms with Gasteiger partial charge in [0.15, 0.2) is 0 Å². The van der Waals surface area contributed by atoms with Crippen molar-refractivity contribution in [2.24, 2.45) is 11.5 Å². The van der Waals surface area contributed by atoms with Crippen LogP contribution < -0.4 is 21.7 Å². The largest absolute Gasteiger partial charge is 0.330 e. The maximum absolute atomic E-state index is 13.5. The Morgan fingerprint density at radius 2 is 1.78 bits per heavy atom. The molecule has 0 spiro atoms.